The number of nitrogens with zero attached hydrogens (tertiary/aromatic N) is 2. The molecule has 4 unspecified atom stereocenters. The summed E-state index contributed by atoms with van der Waals surface area (Å²) in [5, 5.41) is 0. The zero-order chi connectivity index (χ0) is 36.6. The number of hydrogen-bond acceptors (Lipinski definition) is 6. The number of amides is 2. The number of carbonyl (C=O) groups is 4. The van der Waals surface area contributed by atoms with Crippen molar-refractivity contribution in [3.05, 3.63) is 58.7 Å². The van der Waals surface area contributed by atoms with Crippen molar-refractivity contribution in [1.82, 2.24) is 9.80 Å². The fourth-order valence-electron chi connectivity index (χ4n) is 13.7. The van der Waals surface area contributed by atoms with Gasteiger partial charge < -0.3 is 19.3 Å². The maximum Gasteiger partial charge on any atom is 0.410 e. The summed E-state index contributed by atoms with van der Waals surface area (Å²) in [7, 11) is 3.70. The Bertz CT molecular complexity index is 1840. The first-order valence-electron chi connectivity index (χ1n) is 20.0. The van der Waals surface area contributed by atoms with E-state index < -0.39 is 0 Å². The Morgan fingerprint density at radius 2 is 1.21 bits per heavy atom. The van der Waals surface area contributed by atoms with Crippen LogP contribution in [0, 0.1) is 45.3 Å². The molecule has 2 spiro atoms. The monoisotopic (exact) mass is 708 g/mol. The Balaban J connectivity index is 0.000000138. The minimum absolute atomic E-state index is 0.00639. The summed E-state index contributed by atoms with van der Waals surface area (Å²) in [4.78, 5) is 51.6. The summed E-state index contributed by atoms with van der Waals surface area (Å²) in [6.07, 6.45) is 24.4. The van der Waals surface area contributed by atoms with E-state index in [9.17, 15) is 19.2 Å². The van der Waals surface area contributed by atoms with Crippen molar-refractivity contribution >= 4 is 23.8 Å². The van der Waals surface area contributed by atoms with E-state index in [1.165, 1.54) is 16.7 Å². The van der Waals surface area contributed by atoms with Crippen LogP contribution in [0.3, 0.4) is 0 Å². The third kappa shape index (κ3) is 4.38. The molecule has 2 aliphatic heterocycles. The molecule has 2 heterocycles. The molecule has 2 saturated heterocycles. The van der Waals surface area contributed by atoms with Gasteiger partial charge in [0.15, 0.2) is 11.6 Å². The lowest BCUT2D eigenvalue weighted by atomic mass is 9.50. The molecule has 278 valence electrons. The second kappa shape index (κ2) is 11.1. The lowest BCUT2D eigenvalue weighted by Crippen LogP contribution is -2.52. The molecule has 0 N–H and O–H groups in total. The third-order valence-electron chi connectivity index (χ3n) is 17.0. The fourth-order valence-corrected chi connectivity index (χ4v) is 13.7. The van der Waals surface area contributed by atoms with Gasteiger partial charge in [-0.05, 0) is 99.7 Å². The van der Waals surface area contributed by atoms with E-state index in [-0.39, 0.29) is 50.8 Å². The van der Waals surface area contributed by atoms with E-state index >= 15 is 0 Å². The van der Waals surface area contributed by atoms with E-state index in [1.807, 2.05) is 26.2 Å². The predicted octanol–water partition coefficient (Wildman–Crippen LogP) is 8.29. The molecule has 0 aromatic rings. The zero-order valence-corrected chi connectivity index (χ0v) is 32.0. The van der Waals surface area contributed by atoms with Gasteiger partial charge in [0, 0.05) is 54.5 Å². The average Bonchev–Trinajstić information content (AvgIpc) is 3.77. The highest BCUT2D eigenvalue weighted by molar-refractivity contribution is 5.93. The van der Waals surface area contributed by atoms with Crippen LogP contribution >= 0.6 is 0 Å². The van der Waals surface area contributed by atoms with Crippen molar-refractivity contribution in [3.63, 3.8) is 0 Å². The molecule has 10 rings (SSSR count). The largest absolute Gasteiger partial charge is 0.440 e. The van der Waals surface area contributed by atoms with Crippen LogP contribution in [0.1, 0.15) is 105 Å². The van der Waals surface area contributed by atoms with Crippen molar-refractivity contribution in [2.75, 3.05) is 27.2 Å². The van der Waals surface area contributed by atoms with Gasteiger partial charge in [0.05, 0.1) is 13.1 Å². The maximum absolute atomic E-state index is 12.2. The summed E-state index contributed by atoms with van der Waals surface area (Å²) in [6.45, 7) is 10.8. The van der Waals surface area contributed by atoms with Crippen LogP contribution in [0.4, 0.5) is 9.59 Å². The molecule has 10 aliphatic rings. The molecule has 8 aliphatic carbocycles. The Morgan fingerprint density at radius 3 is 1.83 bits per heavy atom. The summed E-state index contributed by atoms with van der Waals surface area (Å²) in [5.74, 6) is 2.61. The van der Waals surface area contributed by atoms with Crippen LogP contribution in [-0.4, -0.2) is 71.9 Å². The van der Waals surface area contributed by atoms with Crippen molar-refractivity contribution in [1.29, 1.82) is 0 Å². The van der Waals surface area contributed by atoms with Gasteiger partial charge in [-0.3, -0.25) is 9.59 Å². The van der Waals surface area contributed by atoms with Gasteiger partial charge in [0.25, 0.3) is 0 Å². The second-order valence-corrected chi connectivity index (χ2v) is 19.2. The number of fused-ring (bicyclic) bond motifs is 12. The topological polar surface area (TPSA) is 93.2 Å². The fraction of sp³-hybridized carbons (Fsp3) is 0.682. The van der Waals surface area contributed by atoms with Crippen LogP contribution in [0.15, 0.2) is 58.7 Å². The highest BCUT2D eigenvalue weighted by Crippen LogP contribution is 2.68. The number of allylic oxidation sites excluding steroid dienone is 10. The summed E-state index contributed by atoms with van der Waals surface area (Å²) < 4.78 is 12.0. The minimum Gasteiger partial charge on any atom is -0.440 e. The van der Waals surface area contributed by atoms with Crippen molar-refractivity contribution in [3.8, 4) is 0 Å². The molecule has 0 radical (unpaired) electrons. The molecule has 10 atom stereocenters. The molecule has 3 saturated carbocycles. The van der Waals surface area contributed by atoms with Gasteiger partial charge in [0.1, 0.15) is 11.2 Å². The Morgan fingerprint density at radius 1 is 0.654 bits per heavy atom. The lowest BCUT2D eigenvalue weighted by Gasteiger charge is -2.54. The molecule has 0 aromatic carbocycles. The first-order valence-corrected chi connectivity index (χ1v) is 20.0. The highest BCUT2D eigenvalue weighted by Gasteiger charge is 2.68. The van der Waals surface area contributed by atoms with E-state index in [1.54, 1.807) is 15.4 Å². The van der Waals surface area contributed by atoms with Crippen LogP contribution < -0.4 is 0 Å². The normalized spacial score (nSPS) is 46.8. The second-order valence-electron chi connectivity index (χ2n) is 19.2. The molecule has 52 heavy (non-hydrogen) atoms. The van der Waals surface area contributed by atoms with Crippen LogP contribution in [-0.2, 0) is 19.1 Å². The summed E-state index contributed by atoms with van der Waals surface area (Å²) in [6, 6.07) is 0. The highest BCUT2D eigenvalue weighted by atomic mass is 16.6. The standard InChI is InChI=1S/C22H29NO3.C22H27NO3/c2*1-20-9-6-15(24)12-14(20)4-5-16-17(20)7-10-21(2)18(16)8-11-22(21)13-23(3)19(25)26-22/h7,12,16,18H,4-6,8-11,13H2,1-3H3;4-5,7,12,16,18H,6,8-11,13H2,1-3H3/t2*16?,18?,20-,21-,22+/m00/s1. The smallest absolute Gasteiger partial charge is 0.410 e. The molecule has 0 bridgehead atoms. The maximum atomic E-state index is 12.2. The number of rotatable bonds is 0. The van der Waals surface area contributed by atoms with E-state index in [2.05, 4.69) is 52.0 Å². The average molecular weight is 709 g/mol. The van der Waals surface area contributed by atoms with Crippen molar-refractivity contribution in [2.24, 2.45) is 45.3 Å². The summed E-state index contributed by atoms with van der Waals surface area (Å²) >= 11 is 0. The first kappa shape index (κ1) is 34.4. The number of ketones is 2. The predicted molar refractivity (Wildman–Crippen MR) is 197 cm³/mol. The Kier molecular flexibility index (Phi) is 7.31. The molecular formula is C44H56N2O6. The molecular weight excluding hydrogens is 652 g/mol. The molecule has 5 fully saturated rings. The lowest BCUT2D eigenvalue weighted by molar-refractivity contribution is -0.116. The first-order chi connectivity index (χ1) is 24.6. The number of hydrogen-bond donors (Lipinski definition) is 0. The van der Waals surface area contributed by atoms with E-state index in [0.717, 1.165) is 70.8 Å². The van der Waals surface area contributed by atoms with Gasteiger partial charge >= 0.3 is 12.2 Å². The van der Waals surface area contributed by atoms with Gasteiger partial charge in [-0.25, -0.2) is 9.59 Å². The van der Waals surface area contributed by atoms with Crippen LogP contribution in [0.5, 0.6) is 0 Å². The van der Waals surface area contributed by atoms with Gasteiger partial charge in [-0.1, -0.05) is 68.7 Å². The number of carbonyl (C=O) groups excluding carboxylic acids is 4. The van der Waals surface area contributed by atoms with Gasteiger partial charge in [-0.2, -0.15) is 0 Å². The molecule has 8 nitrogen and oxygen atoms in total. The number of ether oxygens (including phenoxy) is 2. The zero-order valence-electron chi connectivity index (χ0n) is 32.0. The van der Waals surface area contributed by atoms with Crippen LogP contribution in [0.2, 0.25) is 0 Å². The van der Waals surface area contributed by atoms with Crippen molar-refractivity contribution in [2.45, 2.75) is 116 Å². The third-order valence-corrected chi connectivity index (χ3v) is 17.0. The van der Waals surface area contributed by atoms with E-state index in [0.29, 0.717) is 48.8 Å². The van der Waals surface area contributed by atoms with Gasteiger partial charge in [-0.15, -0.1) is 0 Å². The van der Waals surface area contributed by atoms with E-state index in [4.69, 9.17) is 9.47 Å². The summed E-state index contributed by atoms with van der Waals surface area (Å²) in [5.41, 5.74) is 5.04. The molecule has 0 aromatic heterocycles. The van der Waals surface area contributed by atoms with Gasteiger partial charge in [0.2, 0.25) is 0 Å². The Hall–Kier alpha value is -3.42. The quantitative estimate of drug-likeness (QED) is 0.235. The number of likely N-dealkylation sites (N-methyl/N-ethyl adjacent to an activating group) is 2. The molecule has 2 amide bonds. The molecule has 8 heteroatoms. The van der Waals surface area contributed by atoms with Crippen LogP contribution in [0.25, 0.3) is 0 Å². The van der Waals surface area contributed by atoms with Crippen molar-refractivity contribution < 1.29 is 28.7 Å². The minimum atomic E-state index is -0.348. The Labute approximate surface area is 308 Å². The SMILES string of the molecule is CN1C[C@@]2(CCC3C4C=CC5=CC(=O)CC[C@]5(C)C4=CC[C@@]32C)OC1=O.CN1C[C@@]2(CCC3C4CCC5=CC(=O)CC[C@]5(C)C4=CC[C@@]32C)OC1=O.